The molecule has 15 heteroatoms. The fourth-order valence-corrected chi connectivity index (χ4v) is 3.36. The van der Waals surface area contributed by atoms with E-state index in [1.165, 1.54) is 0 Å². The molecule has 0 aliphatic carbocycles. The van der Waals surface area contributed by atoms with Crippen molar-refractivity contribution in [3.63, 3.8) is 0 Å². The molecule has 1 rings (SSSR count). The maximum Gasteiger partial charge on any atom is 0.326 e. The summed E-state index contributed by atoms with van der Waals surface area (Å²) in [5, 5.41) is 25.6. The van der Waals surface area contributed by atoms with E-state index >= 15 is 0 Å². The average molecular weight is 540 g/mol. The summed E-state index contributed by atoms with van der Waals surface area (Å²) in [4.78, 5) is 64.5. The van der Waals surface area contributed by atoms with E-state index in [1.807, 2.05) is 0 Å². The van der Waals surface area contributed by atoms with Crippen molar-refractivity contribution < 1.29 is 34.2 Å². The summed E-state index contributed by atoms with van der Waals surface area (Å²) < 4.78 is 0. The summed E-state index contributed by atoms with van der Waals surface area (Å²) in [6, 6.07) is 3.38. The van der Waals surface area contributed by atoms with Crippen molar-refractivity contribution in [1.82, 2.24) is 16.0 Å². The first-order chi connectivity index (χ1) is 17.4. The topological polar surface area (TPSA) is 252 Å². The number of amides is 3. The van der Waals surface area contributed by atoms with Gasteiger partial charge < -0.3 is 43.4 Å². The van der Waals surface area contributed by atoms with Crippen molar-refractivity contribution in [1.29, 1.82) is 0 Å². The molecule has 11 N–H and O–H groups in total. The van der Waals surface area contributed by atoms with Crippen molar-refractivity contribution in [3.05, 3.63) is 35.9 Å². The number of rotatable bonds is 16. The first-order valence-corrected chi connectivity index (χ1v) is 11.9. The Morgan fingerprint density at radius 2 is 1.46 bits per heavy atom. The van der Waals surface area contributed by atoms with Crippen molar-refractivity contribution in [2.75, 3.05) is 12.3 Å². The number of thiol groups is 1. The monoisotopic (exact) mass is 539 g/mol. The van der Waals surface area contributed by atoms with E-state index in [4.69, 9.17) is 22.3 Å². The van der Waals surface area contributed by atoms with Crippen LogP contribution in [0.4, 0.5) is 0 Å². The van der Waals surface area contributed by atoms with Crippen LogP contribution in [0, 0.1) is 0 Å². The van der Waals surface area contributed by atoms with Gasteiger partial charge in [0, 0.05) is 18.7 Å². The van der Waals surface area contributed by atoms with Gasteiger partial charge in [0.05, 0.1) is 12.5 Å². The van der Waals surface area contributed by atoms with E-state index in [0.717, 1.165) is 0 Å². The lowest BCUT2D eigenvalue weighted by Crippen LogP contribution is -2.58. The summed E-state index contributed by atoms with van der Waals surface area (Å²) in [6.45, 7) is 0.225. The van der Waals surface area contributed by atoms with Crippen LogP contribution in [-0.2, 0) is 30.4 Å². The molecular weight excluding hydrogens is 506 g/mol. The molecule has 0 fully saturated rings. The highest BCUT2D eigenvalue weighted by Gasteiger charge is 2.31. The Bertz CT molecular complexity index is 973. The van der Waals surface area contributed by atoms with Gasteiger partial charge >= 0.3 is 11.9 Å². The standard InChI is InChI=1S/C22H33N7O7S/c23-13(7-4-8-26-22(24)25)18(32)27-14(10-17(30)31)19(33)29-16(11-37)20(34)28-15(21(35)36)9-12-5-2-1-3-6-12/h1-3,5-6,13-16,37H,4,7-11,23H2,(H,27,32)(H,28,34)(H,29,33)(H,30,31)(H,35,36)(H4,24,25,26). The van der Waals surface area contributed by atoms with E-state index in [9.17, 15) is 29.1 Å². The third-order valence-corrected chi connectivity index (χ3v) is 5.39. The predicted octanol–water partition coefficient (Wildman–Crippen LogP) is -2.45. The molecule has 0 aliphatic heterocycles. The molecule has 0 aromatic heterocycles. The molecule has 0 spiro atoms. The third kappa shape index (κ3) is 12.1. The molecule has 0 saturated carbocycles. The Morgan fingerprint density at radius 1 is 0.892 bits per heavy atom. The highest BCUT2D eigenvalue weighted by Crippen LogP contribution is 2.05. The molecule has 1 aromatic rings. The van der Waals surface area contributed by atoms with Gasteiger partial charge in [-0.15, -0.1) is 0 Å². The predicted molar refractivity (Wildman–Crippen MR) is 138 cm³/mol. The number of nitrogens with one attached hydrogen (secondary N) is 3. The van der Waals surface area contributed by atoms with Crippen molar-refractivity contribution in [2.24, 2.45) is 22.2 Å². The minimum Gasteiger partial charge on any atom is -0.481 e. The zero-order valence-electron chi connectivity index (χ0n) is 20.0. The minimum absolute atomic E-state index is 0.00603. The number of hydrogen-bond donors (Lipinski definition) is 9. The number of aliphatic carboxylic acids is 2. The second kappa shape index (κ2) is 16.0. The van der Waals surface area contributed by atoms with Crippen molar-refractivity contribution >= 4 is 48.2 Å². The van der Waals surface area contributed by atoms with E-state index in [1.54, 1.807) is 30.3 Å². The zero-order chi connectivity index (χ0) is 28.0. The molecule has 204 valence electrons. The number of carbonyl (C=O) groups is 5. The van der Waals surface area contributed by atoms with Gasteiger partial charge in [-0.2, -0.15) is 12.6 Å². The van der Waals surface area contributed by atoms with E-state index < -0.39 is 60.2 Å². The Balaban J connectivity index is 2.81. The number of carbonyl (C=O) groups excluding carboxylic acids is 3. The van der Waals surface area contributed by atoms with Crippen LogP contribution in [0.15, 0.2) is 35.3 Å². The van der Waals surface area contributed by atoms with E-state index in [-0.39, 0.29) is 31.1 Å². The SMILES string of the molecule is NC(N)=NCCCC(N)C(=O)NC(CC(=O)O)C(=O)NC(CS)C(=O)NC(Cc1ccccc1)C(=O)O. The molecule has 0 heterocycles. The quantitative estimate of drug-likeness (QED) is 0.0464. The molecule has 0 radical (unpaired) electrons. The van der Waals surface area contributed by atoms with Crippen LogP contribution < -0.4 is 33.2 Å². The Kier molecular flexibility index (Phi) is 13.5. The fourth-order valence-electron chi connectivity index (χ4n) is 3.10. The second-order valence-electron chi connectivity index (χ2n) is 8.05. The Hall–Kier alpha value is -3.85. The lowest BCUT2D eigenvalue weighted by Gasteiger charge is -2.24. The number of hydrogen-bond acceptors (Lipinski definition) is 8. The lowest BCUT2D eigenvalue weighted by atomic mass is 10.1. The van der Waals surface area contributed by atoms with Crippen LogP contribution in [0.5, 0.6) is 0 Å². The maximum absolute atomic E-state index is 12.8. The molecule has 1 aromatic carbocycles. The van der Waals surface area contributed by atoms with E-state index in [0.29, 0.717) is 12.0 Å². The van der Waals surface area contributed by atoms with Crippen LogP contribution in [0.2, 0.25) is 0 Å². The lowest BCUT2D eigenvalue weighted by molar-refractivity contribution is -0.143. The van der Waals surface area contributed by atoms with Crippen LogP contribution in [0.1, 0.15) is 24.8 Å². The van der Waals surface area contributed by atoms with Crippen LogP contribution in [0.3, 0.4) is 0 Å². The highest BCUT2D eigenvalue weighted by atomic mass is 32.1. The third-order valence-electron chi connectivity index (χ3n) is 5.03. The Morgan fingerprint density at radius 3 is 2.00 bits per heavy atom. The van der Waals surface area contributed by atoms with E-state index in [2.05, 4.69) is 33.6 Å². The van der Waals surface area contributed by atoms with Gasteiger partial charge in [-0.05, 0) is 18.4 Å². The number of benzene rings is 1. The minimum atomic E-state index is -1.55. The van der Waals surface area contributed by atoms with Gasteiger partial charge in [0.1, 0.15) is 18.1 Å². The largest absolute Gasteiger partial charge is 0.481 e. The number of aliphatic imine (C=N–C) groups is 1. The molecule has 3 amide bonds. The van der Waals surface area contributed by atoms with Crippen molar-refractivity contribution in [3.8, 4) is 0 Å². The summed E-state index contributed by atoms with van der Waals surface area (Å²) in [5.41, 5.74) is 16.9. The molecule has 37 heavy (non-hydrogen) atoms. The van der Waals surface area contributed by atoms with Gasteiger partial charge in [-0.25, -0.2) is 4.79 Å². The van der Waals surface area contributed by atoms with Gasteiger partial charge in [-0.1, -0.05) is 30.3 Å². The fraction of sp³-hybridized carbons (Fsp3) is 0.455. The van der Waals surface area contributed by atoms with Crippen LogP contribution in [0.25, 0.3) is 0 Å². The number of nitrogens with zero attached hydrogens (tertiary/aromatic N) is 1. The smallest absolute Gasteiger partial charge is 0.326 e. The number of carboxylic acids is 2. The molecule has 4 atom stereocenters. The molecule has 0 saturated heterocycles. The average Bonchev–Trinajstić information content (AvgIpc) is 2.83. The number of carboxylic acid groups (broad SMARTS) is 2. The van der Waals surface area contributed by atoms with Crippen LogP contribution in [-0.4, -0.2) is 82.3 Å². The zero-order valence-corrected chi connectivity index (χ0v) is 20.9. The maximum atomic E-state index is 12.8. The van der Waals surface area contributed by atoms with Crippen molar-refractivity contribution in [2.45, 2.75) is 49.9 Å². The van der Waals surface area contributed by atoms with Gasteiger partial charge in [0.15, 0.2) is 5.96 Å². The molecular formula is C22H33N7O7S. The first-order valence-electron chi connectivity index (χ1n) is 11.3. The molecule has 0 aliphatic rings. The summed E-state index contributed by atoms with van der Waals surface area (Å²) in [5.74, 6) is -5.63. The molecule has 4 unspecified atom stereocenters. The van der Waals surface area contributed by atoms with Gasteiger partial charge in [0.2, 0.25) is 17.7 Å². The summed E-state index contributed by atoms with van der Waals surface area (Å²) in [7, 11) is 0. The number of nitrogens with two attached hydrogens (primary N) is 3. The normalized spacial score (nSPS) is 13.8. The highest BCUT2D eigenvalue weighted by molar-refractivity contribution is 7.80. The first kappa shape index (κ1) is 31.2. The summed E-state index contributed by atoms with van der Waals surface area (Å²) >= 11 is 4.03. The molecule has 0 bridgehead atoms. The second-order valence-corrected chi connectivity index (χ2v) is 8.41. The van der Waals surface area contributed by atoms with Gasteiger partial charge in [0.25, 0.3) is 0 Å². The van der Waals surface area contributed by atoms with Crippen LogP contribution >= 0.6 is 12.6 Å². The Labute approximate surface area is 218 Å². The number of guanidine groups is 1. The van der Waals surface area contributed by atoms with Gasteiger partial charge in [-0.3, -0.25) is 24.2 Å². The molecule has 14 nitrogen and oxygen atoms in total. The summed E-state index contributed by atoms with van der Waals surface area (Å²) in [6.07, 6.45) is -0.277.